The number of carboxylic acids is 2. The molecule has 1 atom stereocenters. The van der Waals surface area contributed by atoms with Gasteiger partial charge in [0.2, 0.25) is 0 Å². The highest BCUT2D eigenvalue weighted by molar-refractivity contribution is 6.27. The van der Waals surface area contributed by atoms with Crippen LogP contribution in [0.2, 0.25) is 0 Å². The molecule has 0 radical (unpaired) electrons. The van der Waals surface area contributed by atoms with Crippen molar-refractivity contribution in [1.82, 2.24) is 4.90 Å². The van der Waals surface area contributed by atoms with Crippen molar-refractivity contribution in [3.05, 3.63) is 65.7 Å². The zero-order valence-corrected chi connectivity index (χ0v) is 18.7. The zero-order chi connectivity index (χ0) is 23.2. The zero-order valence-electron chi connectivity index (χ0n) is 18.7. The second kappa shape index (κ2) is 14.0. The van der Waals surface area contributed by atoms with Crippen molar-refractivity contribution in [3.8, 4) is 5.75 Å². The highest BCUT2D eigenvalue weighted by Gasteiger charge is 2.22. The molecule has 32 heavy (non-hydrogen) atoms. The third kappa shape index (κ3) is 9.79. The van der Waals surface area contributed by atoms with Crippen molar-refractivity contribution < 1.29 is 24.5 Å². The Bertz CT molecular complexity index is 836. The van der Waals surface area contributed by atoms with Gasteiger partial charge in [-0.05, 0) is 49.2 Å². The minimum atomic E-state index is -1.82. The molecule has 1 saturated heterocycles. The summed E-state index contributed by atoms with van der Waals surface area (Å²) in [7, 11) is 0. The van der Waals surface area contributed by atoms with E-state index in [0.29, 0.717) is 5.92 Å². The predicted octanol–water partition coefficient (Wildman–Crippen LogP) is 4.90. The lowest BCUT2D eigenvalue weighted by atomic mass is 10.1. The fourth-order valence-electron chi connectivity index (χ4n) is 3.48. The standard InChI is InChI=1S/C24H31NO.C2H2O4/c1-2-3-7-17-25-18-16-23(19-25)20-26-24-14-12-22(13-15-24)11-10-21-8-5-4-6-9-21;3-1(4)2(5)6/h4-6,8-15,23H,2-3,7,16-20H2,1H3;(H,3,4)(H,5,6). The summed E-state index contributed by atoms with van der Waals surface area (Å²) in [5.74, 6) is -1.99. The maximum atomic E-state index is 9.10. The summed E-state index contributed by atoms with van der Waals surface area (Å²) in [6, 6.07) is 18.8. The minimum Gasteiger partial charge on any atom is -0.493 e. The molecule has 172 valence electrons. The van der Waals surface area contributed by atoms with Crippen molar-refractivity contribution >= 4 is 24.1 Å². The lowest BCUT2D eigenvalue weighted by Gasteiger charge is -2.16. The highest BCUT2D eigenvalue weighted by Crippen LogP contribution is 2.20. The van der Waals surface area contributed by atoms with Crippen LogP contribution in [-0.2, 0) is 9.59 Å². The van der Waals surface area contributed by atoms with Gasteiger partial charge < -0.3 is 19.8 Å². The van der Waals surface area contributed by atoms with Crippen LogP contribution in [0.15, 0.2) is 54.6 Å². The van der Waals surface area contributed by atoms with Crippen molar-refractivity contribution in [3.63, 3.8) is 0 Å². The smallest absolute Gasteiger partial charge is 0.414 e. The second-order valence-electron chi connectivity index (χ2n) is 7.90. The van der Waals surface area contributed by atoms with Gasteiger partial charge in [-0.1, -0.05) is 74.4 Å². The molecule has 0 aromatic heterocycles. The molecule has 1 unspecified atom stereocenters. The first kappa shape index (κ1) is 25.1. The van der Waals surface area contributed by atoms with Crippen LogP contribution < -0.4 is 4.74 Å². The van der Waals surface area contributed by atoms with E-state index in [1.54, 1.807) is 0 Å². The van der Waals surface area contributed by atoms with E-state index in [-0.39, 0.29) is 0 Å². The summed E-state index contributed by atoms with van der Waals surface area (Å²) in [4.78, 5) is 20.8. The van der Waals surface area contributed by atoms with E-state index in [2.05, 4.69) is 72.5 Å². The van der Waals surface area contributed by atoms with Gasteiger partial charge in [0.25, 0.3) is 0 Å². The van der Waals surface area contributed by atoms with Crippen LogP contribution in [0.4, 0.5) is 0 Å². The molecule has 2 N–H and O–H groups in total. The summed E-state index contributed by atoms with van der Waals surface area (Å²) < 4.78 is 6.03. The van der Waals surface area contributed by atoms with Crippen LogP contribution in [0.1, 0.15) is 43.7 Å². The summed E-state index contributed by atoms with van der Waals surface area (Å²) in [6.07, 6.45) is 9.54. The summed E-state index contributed by atoms with van der Waals surface area (Å²) >= 11 is 0. The molecule has 2 aromatic rings. The van der Waals surface area contributed by atoms with E-state index in [1.807, 2.05) is 6.07 Å². The lowest BCUT2D eigenvalue weighted by Crippen LogP contribution is -2.23. The van der Waals surface area contributed by atoms with Gasteiger partial charge in [-0.2, -0.15) is 0 Å². The number of ether oxygens (including phenoxy) is 1. The molecule has 1 fully saturated rings. The topological polar surface area (TPSA) is 87.1 Å². The fourth-order valence-corrected chi connectivity index (χ4v) is 3.48. The average molecular weight is 440 g/mol. The first-order chi connectivity index (χ1) is 15.5. The fraction of sp³-hybridized carbons (Fsp3) is 0.385. The molecule has 6 nitrogen and oxygen atoms in total. The Hall–Kier alpha value is -3.12. The van der Waals surface area contributed by atoms with Gasteiger partial charge in [-0.25, -0.2) is 9.59 Å². The number of hydrogen-bond acceptors (Lipinski definition) is 4. The second-order valence-corrected chi connectivity index (χ2v) is 7.90. The lowest BCUT2D eigenvalue weighted by molar-refractivity contribution is -0.159. The molecule has 1 heterocycles. The monoisotopic (exact) mass is 439 g/mol. The molecule has 1 aliphatic rings. The predicted molar refractivity (Wildman–Crippen MR) is 127 cm³/mol. The number of carbonyl (C=O) groups is 2. The van der Waals surface area contributed by atoms with Crippen LogP contribution in [0, 0.1) is 5.92 Å². The third-order valence-corrected chi connectivity index (χ3v) is 5.26. The van der Waals surface area contributed by atoms with E-state index < -0.39 is 11.9 Å². The van der Waals surface area contributed by atoms with Gasteiger partial charge in [0.05, 0.1) is 6.61 Å². The van der Waals surface area contributed by atoms with Gasteiger partial charge in [0.15, 0.2) is 0 Å². The van der Waals surface area contributed by atoms with Crippen LogP contribution in [0.25, 0.3) is 12.2 Å². The number of benzene rings is 2. The van der Waals surface area contributed by atoms with Crippen molar-refractivity contribution in [1.29, 1.82) is 0 Å². The molecule has 0 amide bonds. The highest BCUT2D eigenvalue weighted by atomic mass is 16.5. The maximum absolute atomic E-state index is 9.10. The van der Waals surface area contributed by atoms with E-state index in [4.69, 9.17) is 24.5 Å². The van der Waals surface area contributed by atoms with E-state index in [0.717, 1.165) is 12.4 Å². The Labute approximate surface area is 190 Å². The van der Waals surface area contributed by atoms with Crippen LogP contribution >= 0.6 is 0 Å². The normalized spacial score (nSPS) is 15.8. The molecule has 0 bridgehead atoms. The van der Waals surface area contributed by atoms with Gasteiger partial charge in [0, 0.05) is 12.5 Å². The molecule has 2 aromatic carbocycles. The van der Waals surface area contributed by atoms with Gasteiger partial charge in [0.1, 0.15) is 5.75 Å². The summed E-state index contributed by atoms with van der Waals surface area (Å²) in [5.41, 5.74) is 2.42. The van der Waals surface area contributed by atoms with Crippen molar-refractivity contribution in [2.24, 2.45) is 5.92 Å². The quantitative estimate of drug-likeness (QED) is 0.328. The molecule has 6 heteroatoms. The minimum absolute atomic E-state index is 0.675. The summed E-state index contributed by atoms with van der Waals surface area (Å²) in [6.45, 7) is 6.79. The van der Waals surface area contributed by atoms with Gasteiger partial charge >= 0.3 is 11.9 Å². The Morgan fingerprint density at radius 2 is 1.59 bits per heavy atom. The number of carboxylic acid groups (broad SMARTS) is 2. The third-order valence-electron chi connectivity index (χ3n) is 5.26. The number of nitrogens with zero attached hydrogens (tertiary/aromatic N) is 1. The molecular weight excluding hydrogens is 406 g/mol. The SMILES string of the molecule is CCCCCN1CCC(COc2ccc(C=Cc3ccccc3)cc2)C1.O=C(O)C(=O)O. The first-order valence-electron chi connectivity index (χ1n) is 11.1. The number of aliphatic carboxylic acids is 2. The van der Waals surface area contributed by atoms with Crippen molar-refractivity contribution in [2.75, 3.05) is 26.2 Å². The van der Waals surface area contributed by atoms with E-state index in [1.165, 1.54) is 56.4 Å². The van der Waals surface area contributed by atoms with Crippen LogP contribution in [0.5, 0.6) is 5.75 Å². The average Bonchev–Trinajstić information content (AvgIpc) is 3.26. The molecule has 3 rings (SSSR count). The first-order valence-corrected chi connectivity index (χ1v) is 11.1. The Balaban J connectivity index is 0.000000534. The van der Waals surface area contributed by atoms with E-state index in [9.17, 15) is 0 Å². The van der Waals surface area contributed by atoms with Crippen molar-refractivity contribution in [2.45, 2.75) is 32.6 Å². The molecular formula is C26H33NO5. The Kier molecular flexibility index (Phi) is 11.0. The van der Waals surface area contributed by atoms with Crippen LogP contribution in [0.3, 0.4) is 0 Å². The summed E-state index contributed by atoms with van der Waals surface area (Å²) in [5, 5.41) is 14.8. The number of hydrogen-bond donors (Lipinski definition) is 2. The molecule has 0 saturated carbocycles. The van der Waals surface area contributed by atoms with Gasteiger partial charge in [-0.15, -0.1) is 0 Å². The Morgan fingerprint density at radius 3 is 2.19 bits per heavy atom. The maximum Gasteiger partial charge on any atom is 0.414 e. The molecule has 0 aliphatic carbocycles. The Morgan fingerprint density at radius 1 is 0.969 bits per heavy atom. The van der Waals surface area contributed by atoms with Gasteiger partial charge in [-0.3, -0.25) is 0 Å². The number of likely N-dealkylation sites (tertiary alicyclic amines) is 1. The van der Waals surface area contributed by atoms with E-state index >= 15 is 0 Å². The number of unbranched alkanes of at least 4 members (excludes halogenated alkanes) is 2. The molecule has 1 aliphatic heterocycles. The largest absolute Gasteiger partial charge is 0.493 e. The number of rotatable bonds is 9. The van der Waals surface area contributed by atoms with Crippen LogP contribution in [-0.4, -0.2) is 53.3 Å². The molecule has 0 spiro atoms.